The number of benzene rings is 2. The molecule has 0 aromatic heterocycles. The van der Waals surface area contributed by atoms with Crippen LogP contribution >= 0.6 is 10.0 Å². The van der Waals surface area contributed by atoms with Gasteiger partial charge in [-0.3, -0.25) is 0 Å². The SMILES string of the molecule is CS(C[C@H](O)[C@H]1C[C@H]2CCC[C@H]2N1)(c1ccccc1)c1ccccc1. The third-order valence-electron chi connectivity index (χ3n) is 6.14. The molecule has 2 aliphatic rings. The van der Waals surface area contributed by atoms with Crippen molar-refractivity contribution in [2.75, 3.05) is 12.0 Å². The third-order valence-corrected chi connectivity index (χ3v) is 9.77. The minimum absolute atomic E-state index is 0.259. The van der Waals surface area contributed by atoms with Crippen molar-refractivity contribution in [1.29, 1.82) is 0 Å². The van der Waals surface area contributed by atoms with Gasteiger partial charge in [0, 0.05) is 17.8 Å². The van der Waals surface area contributed by atoms with Gasteiger partial charge in [0.2, 0.25) is 0 Å². The van der Waals surface area contributed by atoms with E-state index in [1.807, 2.05) is 0 Å². The second-order valence-corrected chi connectivity index (χ2v) is 11.2. The average Bonchev–Trinajstić information content (AvgIpc) is 3.25. The summed E-state index contributed by atoms with van der Waals surface area (Å²) in [5, 5.41) is 14.9. The molecule has 2 nitrogen and oxygen atoms in total. The molecule has 3 heteroatoms. The molecule has 4 atom stereocenters. The Bertz CT molecular complexity index is 638. The lowest BCUT2D eigenvalue weighted by Crippen LogP contribution is -2.41. The predicted molar refractivity (Wildman–Crippen MR) is 106 cm³/mol. The van der Waals surface area contributed by atoms with Gasteiger partial charge < -0.3 is 10.4 Å². The van der Waals surface area contributed by atoms with Gasteiger partial charge in [-0.2, -0.15) is 10.0 Å². The Morgan fingerprint density at radius 1 is 1.00 bits per heavy atom. The fourth-order valence-electron chi connectivity index (χ4n) is 4.70. The van der Waals surface area contributed by atoms with Gasteiger partial charge in [0.15, 0.2) is 0 Å². The highest BCUT2D eigenvalue weighted by molar-refractivity contribution is 8.33. The maximum atomic E-state index is 11.1. The molecule has 134 valence electrons. The van der Waals surface area contributed by atoms with Crippen molar-refractivity contribution in [2.24, 2.45) is 5.92 Å². The molecule has 4 rings (SSSR count). The third kappa shape index (κ3) is 3.38. The van der Waals surface area contributed by atoms with E-state index >= 15 is 0 Å². The van der Waals surface area contributed by atoms with Gasteiger partial charge in [-0.1, -0.05) is 42.8 Å². The summed E-state index contributed by atoms with van der Waals surface area (Å²) in [7, 11) is -1.25. The zero-order valence-corrected chi connectivity index (χ0v) is 15.8. The molecule has 0 bridgehead atoms. The number of aliphatic hydroxyl groups is 1. The molecule has 25 heavy (non-hydrogen) atoms. The smallest absolute Gasteiger partial charge is 0.0775 e. The molecule has 2 aromatic carbocycles. The van der Waals surface area contributed by atoms with E-state index in [-0.39, 0.29) is 12.1 Å². The first-order valence-corrected chi connectivity index (χ1v) is 11.7. The number of aliphatic hydroxyl groups excluding tert-OH is 1. The summed E-state index contributed by atoms with van der Waals surface area (Å²) in [6, 6.07) is 22.4. The van der Waals surface area contributed by atoms with Crippen LogP contribution in [0.1, 0.15) is 25.7 Å². The van der Waals surface area contributed by atoms with Gasteiger partial charge in [-0.05, 0) is 65.5 Å². The van der Waals surface area contributed by atoms with Gasteiger partial charge in [-0.25, -0.2) is 0 Å². The van der Waals surface area contributed by atoms with E-state index < -0.39 is 10.0 Å². The maximum Gasteiger partial charge on any atom is 0.0775 e. The van der Waals surface area contributed by atoms with Gasteiger partial charge >= 0.3 is 0 Å². The lowest BCUT2D eigenvalue weighted by Gasteiger charge is -2.40. The summed E-state index contributed by atoms with van der Waals surface area (Å²) >= 11 is 0. The molecular weight excluding hydrogens is 326 g/mol. The van der Waals surface area contributed by atoms with E-state index in [1.165, 1.54) is 29.1 Å². The van der Waals surface area contributed by atoms with Crippen molar-refractivity contribution in [3.8, 4) is 0 Å². The van der Waals surface area contributed by atoms with Crippen molar-refractivity contribution in [3.05, 3.63) is 60.7 Å². The standard InChI is InChI=1S/C22H29NOS/c1-25(18-10-4-2-5-11-18,19-12-6-3-7-13-19)16-22(24)21-15-17-9-8-14-20(17)23-21/h2-7,10-13,17,20-24H,8-9,14-16H2,1H3/t17-,20-,21-,22+/m1/s1. The summed E-state index contributed by atoms with van der Waals surface area (Å²) in [4.78, 5) is 2.72. The van der Waals surface area contributed by atoms with Gasteiger partial charge in [0.05, 0.1) is 6.10 Å². The van der Waals surface area contributed by atoms with Gasteiger partial charge in [-0.15, -0.1) is 0 Å². The van der Waals surface area contributed by atoms with Crippen LogP contribution in [0.5, 0.6) is 0 Å². The van der Waals surface area contributed by atoms with Crippen LogP contribution in [0.3, 0.4) is 0 Å². The predicted octanol–water partition coefficient (Wildman–Crippen LogP) is 4.43. The van der Waals surface area contributed by atoms with E-state index in [9.17, 15) is 5.11 Å². The highest BCUT2D eigenvalue weighted by atomic mass is 32.3. The highest BCUT2D eigenvalue weighted by Crippen LogP contribution is 2.60. The first-order chi connectivity index (χ1) is 12.2. The number of fused-ring (bicyclic) bond motifs is 1. The van der Waals surface area contributed by atoms with E-state index in [1.54, 1.807) is 0 Å². The Morgan fingerprint density at radius 3 is 2.16 bits per heavy atom. The molecule has 0 amide bonds. The highest BCUT2D eigenvalue weighted by Gasteiger charge is 2.41. The van der Waals surface area contributed by atoms with E-state index in [2.05, 4.69) is 72.2 Å². The van der Waals surface area contributed by atoms with Crippen LogP contribution in [0.2, 0.25) is 0 Å². The van der Waals surface area contributed by atoms with Crippen molar-refractivity contribution in [1.82, 2.24) is 5.32 Å². The van der Waals surface area contributed by atoms with Crippen LogP contribution in [0.4, 0.5) is 0 Å². The molecule has 0 spiro atoms. The zero-order valence-electron chi connectivity index (χ0n) is 15.0. The molecule has 2 N–H and O–H groups in total. The monoisotopic (exact) mass is 355 g/mol. The zero-order chi connectivity index (χ0) is 17.3. The molecule has 2 fully saturated rings. The van der Waals surface area contributed by atoms with Crippen molar-refractivity contribution < 1.29 is 5.11 Å². The second-order valence-electron chi connectivity index (χ2n) is 7.75. The van der Waals surface area contributed by atoms with E-state index in [0.29, 0.717) is 6.04 Å². The molecule has 1 saturated carbocycles. The molecule has 0 unspecified atom stereocenters. The van der Waals surface area contributed by atoms with Crippen LogP contribution in [-0.4, -0.2) is 35.3 Å². The normalized spacial score (nSPS) is 27.8. The van der Waals surface area contributed by atoms with Crippen LogP contribution in [0.25, 0.3) is 0 Å². The summed E-state index contributed by atoms with van der Waals surface area (Å²) in [5.41, 5.74) is 0. The summed E-state index contributed by atoms with van der Waals surface area (Å²) < 4.78 is 0. The molecule has 2 aromatic rings. The Hall–Kier alpha value is -1.29. The Labute approximate surface area is 153 Å². The lowest BCUT2D eigenvalue weighted by atomic mass is 10.0. The maximum absolute atomic E-state index is 11.1. The number of rotatable bonds is 5. The topological polar surface area (TPSA) is 32.3 Å². The average molecular weight is 356 g/mol. The van der Waals surface area contributed by atoms with Crippen molar-refractivity contribution in [3.63, 3.8) is 0 Å². The minimum atomic E-state index is -1.25. The number of hydrogen-bond acceptors (Lipinski definition) is 2. The molecule has 1 aliphatic heterocycles. The van der Waals surface area contributed by atoms with E-state index in [4.69, 9.17) is 0 Å². The first kappa shape index (κ1) is 17.1. The van der Waals surface area contributed by atoms with Crippen LogP contribution in [0, 0.1) is 5.92 Å². The summed E-state index contributed by atoms with van der Waals surface area (Å²) in [5.74, 6) is 1.62. The fraction of sp³-hybridized carbons (Fsp3) is 0.455. The quantitative estimate of drug-likeness (QED) is 0.831. The molecular formula is C22H29NOS. The van der Waals surface area contributed by atoms with Gasteiger partial charge in [0.25, 0.3) is 0 Å². The van der Waals surface area contributed by atoms with Crippen molar-refractivity contribution >= 4 is 10.0 Å². The van der Waals surface area contributed by atoms with Crippen molar-refractivity contribution in [2.45, 2.75) is 53.7 Å². The number of nitrogens with one attached hydrogen (secondary N) is 1. The Balaban J connectivity index is 1.59. The minimum Gasteiger partial charge on any atom is -0.391 e. The van der Waals surface area contributed by atoms with Crippen LogP contribution < -0.4 is 5.32 Å². The molecule has 1 aliphatic carbocycles. The summed E-state index contributed by atoms with van der Waals surface area (Å²) in [6.45, 7) is 0. The van der Waals surface area contributed by atoms with Gasteiger partial charge in [0.1, 0.15) is 0 Å². The van der Waals surface area contributed by atoms with E-state index in [0.717, 1.165) is 18.1 Å². The lowest BCUT2D eigenvalue weighted by molar-refractivity contribution is 0.153. The largest absolute Gasteiger partial charge is 0.391 e. The Morgan fingerprint density at radius 2 is 1.60 bits per heavy atom. The fourth-order valence-corrected chi connectivity index (χ4v) is 7.79. The molecule has 1 saturated heterocycles. The second kappa shape index (κ2) is 7.14. The first-order valence-electron chi connectivity index (χ1n) is 9.47. The van der Waals surface area contributed by atoms with Crippen LogP contribution in [0.15, 0.2) is 70.5 Å². The number of hydrogen-bond donors (Lipinski definition) is 2. The molecule has 0 radical (unpaired) electrons. The molecule has 1 heterocycles. The Kier molecular flexibility index (Phi) is 4.90. The summed E-state index contributed by atoms with van der Waals surface area (Å²) in [6.07, 6.45) is 7.19. The van der Waals surface area contributed by atoms with Crippen LogP contribution in [-0.2, 0) is 0 Å².